The monoisotopic (exact) mass is 392 g/mol. The van der Waals surface area contributed by atoms with Crippen LogP contribution < -0.4 is 9.47 Å². The number of methoxy groups -OCH3 is 1. The zero-order valence-electron chi connectivity index (χ0n) is 16.9. The Bertz CT molecular complexity index is 671. The van der Waals surface area contributed by atoms with Crippen LogP contribution in [0.1, 0.15) is 51.0 Å². The van der Waals surface area contributed by atoms with E-state index in [0.717, 1.165) is 57.2 Å². The Kier molecular flexibility index (Phi) is 7.13. The molecule has 2 atom stereocenters. The van der Waals surface area contributed by atoms with Crippen molar-refractivity contribution < 1.29 is 19.5 Å². The molecule has 3 saturated heterocycles. The molecule has 1 N–H and O–H groups in total. The van der Waals surface area contributed by atoms with Gasteiger partial charge in [0, 0.05) is 12.1 Å². The number of ether oxygens (including phenoxy) is 2. The number of hydrogen-bond acceptors (Lipinski definition) is 6. The van der Waals surface area contributed by atoms with E-state index in [1.165, 1.54) is 7.11 Å². The van der Waals surface area contributed by atoms with Gasteiger partial charge in [0.15, 0.2) is 5.75 Å². The summed E-state index contributed by atoms with van der Waals surface area (Å²) in [6, 6.07) is 3.42. The number of benzene rings is 1. The molecule has 0 aromatic heterocycles. The van der Waals surface area contributed by atoms with E-state index in [9.17, 15) is 15.2 Å². The summed E-state index contributed by atoms with van der Waals surface area (Å²) >= 11 is 0. The zero-order chi connectivity index (χ0) is 20.1. The maximum absolute atomic E-state index is 11.7. The molecule has 7 heteroatoms. The lowest BCUT2D eigenvalue weighted by Gasteiger charge is -2.49. The van der Waals surface area contributed by atoms with Crippen LogP contribution >= 0.6 is 0 Å². The van der Waals surface area contributed by atoms with Crippen LogP contribution in [0.25, 0.3) is 0 Å². The first kappa shape index (κ1) is 20.9. The van der Waals surface area contributed by atoms with Crippen LogP contribution in [-0.4, -0.2) is 53.9 Å². The molecular formula is C21H32N2O5. The Hall–Kier alpha value is -1.86. The van der Waals surface area contributed by atoms with Crippen molar-refractivity contribution in [3.05, 3.63) is 27.8 Å². The number of nitro benzene ring substituents is 1. The molecule has 0 amide bonds. The van der Waals surface area contributed by atoms with E-state index in [0.29, 0.717) is 24.7 Å². The first-order valence-electron chi connectivity index (χ1n) is 10.4. The standard InChI is InChI=1S/C21H32N2O5/c1-3-4-5-6-11-28-21-18(23(25)26)13-15(14-19(21)27-2)12-17-20(24)16-7-9-22(17)10-8-16/h13-14,16-17,20,24H,3-12H2,1-2H3. The van der Waals surface area contributed by atoms with Crippen molar-refractivity contribution in [3.8, 4) is 11.5 Å². The van der Waals surface area contributed by atoms with Gasteiger partial charge >= 0.3 is 5.69 Å². The van der Waals surface area contributed by atoms with Crippen LogP contribution in [0, 0.1) is 16.0 Å². The average Bonchev–Trinajstić information content (AvgIpc) is 2.71. The Morgan fingerprint density at radius 3 is 2.61 bits per heavy atom. The summed E-state index contributed by atoms with van der Waals surface area (Å²) in [6.45, 7) is 4.56. The van der Waals surface area contributed by atoms with Gasteiger partial charge in [0.05, 0.1) is 24.7 Å². The summed E-state index contributed by atoms with van der Waals surface area (Å²) < 4.78 is 11.2. The Labute approximate surface area is 166 Å². The topological polar surface area (TPSA) is 85.1 Å². The van der Waals surface area contributed by atoms with Crippen molar-refractivity contribution in [2.75, 3.05) is 26.8 Å². The van der Waals surface area contributed by atoms with Crippen molar-refractivity contribution in [1.29, 1.82) is 0 Å². The van der Waals surface area contributed by atoms with Crippen molar-refractivity contribution in [2.24, 2.45) is 5.92 Å². The second-order valence-corrected chi connectivity index (χ2v) is 7.95. The van der Waals surface area contributed by atoms with E-state index in [4.69, 9.17) is 9.47 Å². The lowest BCUT2D eigenvalue weighted by molar-refractivity contribution is -0.386. The summed E-state index contributed by atoms with van der Waals surface area (Å²) in [5, 5.41) is 22.3. The molecule has 156 valence electrons. The van der Waals surface area contributed by atoms with Crippen LogP contribution in [0.3, 0.4) is 0 Å². The van der Waals surface area contributed by atoms with Gasteiger partial charge in [-0.2, -0.15) is 0 Å². The van der Waals surface area contributed by atoms with Gasteiger partial charge in [-0.3, -0.25) is 15.0 Å². The third-order valence-electron chi connectivity index (χ3n) is 6.12. The molecule has 0 aliphatic carbocycles. The molecule has 4 rings (SSSR count). The van der Waals surface area contributed by atoms with Crippen molar-refractivity contribution >= 4 is 5.69 Å². The van der Waals surface area contributed by atoms with Gasteiger partial charge in [0.2, 0.25) is 5.75 Å². The quantitative estimate of drug-likeness (QED) is 0.372. The highest BCUT2D eigenvalue weighted by Crippen LogP contribution is 2.40. The highest BCUT2D eigenvalue weighted by Gasteiger charge is 2.41. The molecule has 0 radical (unpaired) electrons. The Morgan fingerprint density at radius 1 is 1.25 bits per heavy atom. The number of hydrogen-bond donors (Lipinski definition) is 1. The highest BCUT2D eigenvalue weighted by atomic mass is 16.6. The molecule has 3 fully saturated rings. The molecule has 1 aromatic rings. The van der Waals surface area contributed by atoms with E-state index < -0.39 is 4.92 Å². The molecule has 1 aromatic carbocycles. The maximum Gasteiger partial charge on any atom is 0.315 e. The van der Waals surface area contributed by atoms with E-state index >= 15 is 0 Å². The zero-order valence-corrected chi connectivity index (χ0v) is 16.9. The Morgan fingerprint density at radius 2 is 2.00 bits per heavy atom. The minimum Gasteiger partial charge on any atom is -0.493 e. The van der Waals surface area contributed by atoms with Gasteiger partial charge in [0.25, 0.3) is 0 Å². The normalized spacial score (nSPS) is 26.2. The first-order valence-corrected chi connectivity index (χ1v) is 10.4. The number of nitrogens with zero attached hydrogens (tertiary/aromatic N) is 2. The lowest BCUT2D eigenvalue weighted by atomic mass is 9.78. The second kappa shape index (κ2) is 9.56. The summed E-state index contributed by atoms with van der Waals surface area (Å²) in [6.07, 6.45) is 6.43. The molecule has 7 nitrogen and oxygen atoms in total. The number of piperidine rings is 3. The summed E-state index contributed by atoms with van der Waals surface area (Å²) in [5.41, 5.74) is 0.744. The first-order chi connectivity index (χ1) is 13.5. The van der Waals surface area contributed by atoms with Crippen LogP contribution in [0.2, 0.25) is 0 Å². The third kappa shape index (κ3) is 4.58. The second-order valence-electron chi connectivity index (χ2n) is 7.95. The van der Waals surface area contributed by atoms with Gasteiger partial charge in [-0.15, -0.1) is 0 Å². The summed E-state index contributed by atoms with van der Waals surface area (Å²) in [7, 11) is 1.51. The van der Waals surface area contributed by atoms with E-state index in [2.05, 4.69) is 11.8 Å². The molecule has 3 aliphatic rings. The van der Waals surface area contributed by atoms with Gasteiger partial charge in [0.1, 0.15) is 0 Å². The molecule has 2 unspecified atom stereocenters. The number of unbranched alkanes of at least 4 members (excludes halogenated alkanes) is 3. The van der Waals surface area contributed by atoms with Gasteiger partial charge in [-0.05, 0) is 56.3 Å². The van der Waals surface area contributed by atoms with Crippen molar-refractivity contribution in [1.82, 2.24) is 4.90 Å². The van der Waals surface area contributed by atoms with E-state index in [1.54, 1.807) is 6.07 Å². The molecule has 0 spiro atoms. The van der Waals surface area contributed by atoms with Crippen molar-refractivity contribution in [3.63, 3.8) is 0 Å². The van der Waals surface area contributed by atoms with E-state index in [1.807, 2.05) is 6.07 Å². The fourth-order valence-electron chi connectivity index (χ4n) is 4.51. The number of fused-ring (bicyclic) bond motifs is 3. The lowest BCUT2D eigenvalue weighted by Crippen LogP contribution is -2.58. The van der Waals surface area contributed by atoms with Gasteiger partial charge < -0.3 is 14.6 Å². The van der Waals surface area contributed by atoms with Gasteiger partial charge in [-0.1, -0.05) is 26.2 Å². The third-order valence-corrected chi connectivity index (χ3v) is 6.12. The number of aliphatic hydroxyl groups is 1. The average molecular weight is 392 g/mol. The fourth-order valence-corrected chi connectivity index (χ4v) is 4.51. The van der Waals surface area contributed by atoms with Crippen LogP contribution in [0.4, 0.5) is 5.69 Å². The van der Waals surface area contributed by atoms with Crippen molar-refractivity contribution in [2.45, 2.75) is 64.0 Å². The molecular weight excluding hydrogens is 360 g/mol. The molecule has 28 heavy (non-hydrogen) atoms. The molecule has 2 bridgehead atoms. The summed E-state index contributed by atoms with van der Waals surface area (Å²) in [5.74, 6) is 0.946. The Balaban J connectivity index is 1.77. The number of aliphatic hydroxyl groups excluding tert-OH is 1. The largest absolute Gasteiger partial charge is 0.493 e. The van der Waals surface area contributed by atoms with Crippen LogP contribution in [-0.2, 0) is 6.42 Å². The summed E-state index contributed by atoms with van der Waals surface area (Å²) in [4.78, 5) is 13.6. The van der Waals surface area contributed by atoms with Gasteiger partial charge in [-0.25, -0.2) is 0 Å². The van der Waals surface area contributed by atoms with Crippen LogP contribution in [0.5, 0.6) is 11.5 Å². The van der Waals surface area contributed by atoms with E-state index in [-0.39, 0.29) is 23.6 Å². The maximum atomic E-state index is 11.7. The predicted molar refractivity (Wildman–Crippen MR) is 107 cm³/mol. The molecule has 3 heterocycles. The smallest absolute Gasteiger partial charge is 0.315 e. The predicted octanol–water partition coefficient (Wildman–Crippen LogP) is 3.56. The minimum absolute atomic E-state index is 0.0117. The van der Waals surface area contributed by atoms with Crippen LogP contribution in [0.15, 0.2) is 12.1 Å². The minimum atomic E-state index is -0.406. The molecule has 3 aliphatic heterocycles. The fraction of sp³-hybridized carbons (Fsp3) is 0.714. The molecule has 0 saturated carbocycles. The number of nitro groups is 1. The SMILES string of the molecule is CCCCCCOc1c(OC)cc(CC2C(O)C3CCN2CC3)cc1[N+](=O)[O-]. The number of rotatable bonds is 10. The highest BCUT2D eigenvalue weighted by molar-refractivity contribution is 5.58.